The molecule has 0 aromatic carbocycles. The lowest BCUT2D eigenvalue weighted by atomic mass is 10.4. The summed E-state index contributed by atoms with van der Waals surface area (Å²) in [5.41, 5.74) is 0. The first kappa shape index (κ1) is 12.3. The van der Waals surface area contributed by atoms with Crippen LogP contribution in [0.1, 0.15) is 19.8 Å². The summed E-state index contributed by atoms with van der Waals surface area (Å²) in [5, 5.41) is 0. The van der Waals surface area contributed by atoms with E-state index in [1.165, 1.54) is 0 Å². The zero-order valence-corrected chi connectivity index (χ0v) is 10.7. The molecule has 2 fully saturated rings. The molecule has 0 N–H and O–H groups in total. The number of hydrogen-bond acceptors (Lipinski definition) is 3. The molecule has 94 valence electrons. The number of hydrogen-bond donors (Lipinski definition) is 0. The highest BCUT2D eigenvalue weighted by atomic mass is 32.2. The Morgan fingerprint density at radius 1 is 0.875 bits per heavy atom. The lowest BCUT2D eigenvalue weighted by Gasteiger charge is -2.35. The molecule has 0 radical (unpaired) electrons. The molecule has 6 heteroatoms. The van der Waals surface area contributed by atoms with Crippen LogP contribution < -0.4 is 0 Å². The molecular formula is C10H21N3O2S. The van der Waals surface area contributed by atoms with Gasteiger partial charge in [0.2, 0.25) is 0 Å². The number of likely N-dealkylation sites (N-methyl/N-ethyl adjacent to an activating group) is 1. The van der Waals surface area contributed by atoms with E-state index < -0.39 is 10.2 Å². The third-order valence-corrected chi connectivity index (χ3v) is 5.53. The van der Waals surface area contributed by atoms with Crippen LogP contribution in [0.4, 0.5) is 0 Å². The fourth-order valence-electron chi connectivity index (χ4n) is 2.36. The van der Waals surface area contributed by atoms with Crippen molar-refractivity contribution < 1.29 is 8.42 Å². The second-order valence-corrected chi connectivity index (χ2v) is 6.38. The SMILES string of the molecule is CCN1CCN(S(=O)(=O)N2CCCC2)CC1. The molecule has 0 bridgehead atoms. The molecule has 5 nitrogen and oxygen atoms in total. The molecule has 0 saturated carbocycles. The third kappa shape index (κ3) is 2.40. The monoisotopic (exact) mass is 247 g/mol. The topological polar surface area (TPSA) is 43.9 Å². The van der Waals surface area contributed by atoms with Gasteiger partial charge in [-0.25, -0.2) is 0 Å². The molecule has 0 aliphatic carbocycles. The normalized spacial score (nSPS) is 26.3. The summed E-state index contributed by atoms with van der Waals surface area (Å²) in [6, 6.07) is 0. The minimum absolute atomic E-state index is 0.646. The summed E-state index contributed by atoms with van der Waals surface area (Å²) in [6.07, 6.45) is 2.02. The van der Waals surface area contributed by atoms with E-state index in [0.717, 1.165) is 32.5 Å². The minimum Gasteiger partial charge on any atom is -0.301 e. The van der Waals surface area contributed by atoms with Crippen molar-refractivity contribution in [3.8, 4) is 0 Å². The van der Waals surface area contributed by atoms with Crippen LogP contribution in [-0.4, -0.2) is 67.7 Å². The predicted octanol–water partition coefficient (Wildman–Crippen LogP) is -0.0355. The molecule has 0 aromatic rings. The maximum Gasteiger partial charge on any atom is 0.282 e. The van der Waals surface area contributed by atoms with Gasteiger partial charge in [0.15, 0.2) is 0 Å². The van der Waals surface area contributed by atoms with Gasteiger partial charge in [-0.05, 0) is 19.4 Å². The van der Waals surface area contributed by atoms with Gasteiger partial charge in [0.25, 0.3) is 10.2 Å². The molecule has 0 amide bonds. The summed E-state index contributed by atoms with van der Waals surface area (Å²) in [7, 11) is -3.15. The average molecular weight is 247 g/mol. The van der Waals surface area contributed by atoms with Gasteiger partial charge < -0.3 is 4.90 Å². The Kier molecular flexibility index (Phi) is 3.84. The van der Waals surface area contributed by atoms with E-state index in [2.05, 4.69) is 11.8 Å². The molecule has 0 unspecified atom stereocenters. The second kappa shape index (κ2) is 5.00. The van der Waals surface area contributed by atoms with Crippen LogP contribution in [0.2, 0.25) is 0 Å². The van der Waals surface area contributed by atoms with E-state index in [-0.39, 0.29) is 0 Å². The first-order chi connectivity index (χ1) is 7.64. The molecule has 2 aliphatic heterocycles. The number of piperazine rings is 1. The van der Waals surface area contributed by atoms with Crippen molar-refractivity contribution >= 4 is 10.2 Å². The third-order valence-electron chi connectivity index (χ3n) is 3.50. The van der Waals surface area contributed by atoms with Gasteiger partial charge >= 0.3 is 0 Å². The van der Waals surface area contributed by atoms with Crippen molar-refractivity contribution in [1.29, 1.82) is 0 Å². The van der Waals surface area contributed by atoms with Crippen LogP contribution in [0.25, 0.3) is 0 Å². The Bertz CT molecular complexity index is 317. The van der Waals surface area contributed by atoms with Gasteiger partial charge in [-0.15, -0.1) is 0 Å². The van der Waals surface area contributed by atoms with E-state index in [1.54, 1.807) is 8.61 Å². The molecular weight excluding hydrogens is 226 g/mol. The quantitative estimate of drug-likeness (QED) is 0.703. The van der Waals surface area contributed by atoms with Crippen molar-refractivity contribution in [3.63, 3.8) is 0 Å². The van der Waals surface area contributed by atoms with Crippen molar-refractivity contribution in [1.82, 2.24) is 13.5 Å². The zero-order valence-electron chi connectivity index (χ0n) is 9.93. The average Bonchev–Trinajstić information content (AvgIpc) is 2.83. The lowest BCUT2D eigenvalue weighted by Crippen LogP contribution is -2.52. The number of rotatable bonds is 3. The van der Waals surface area contributed by atoms with Crippen LogP contribution in [0.3, 0.4) is 0 Å². The van der Waals surface area contributed by atoms with Gasteiger partial charge in [-0.1, -0.05) is 6.92 Å². The fourth-order valence-corrected chi connectivity index (χ4v) is 4.03. The first-order valence-electron chi connectivity index (χ1n) is 6.12. The molecule has 0 aromatic heterocycles. The highest BCUT2D eigenvalue weighted by Gasteiger charge is 2.33. The highest BCUT2D eigenvalue weighted by Crippen LogP contribution is 2.17. The molecule has 2 rings (SSSR count). The highest BCUT2D eigenvalue weighted by molar-refractivity contribution is 7.86. The van der Waals surface area contributed by atoms with E-state index in [1.807, 2.05) is 0 Å². The maximum atomic E-state index is 12.2. The van der Waals surface area contributed by atoms with Gasteiger partial charge in [0, 0.05) is 39.3 Å². The summed E-state index contributed by atoms with van der Waals surface area (Å²) >= 11 is 0. The van der Waals surface area contributed by atoms with Crippen molar-refractivity contribution in [2.45, 2.75) is 19.8 Å². The summed E-state index contributed by atoms with van der Waals surface area (Å²) in [4.78, 5) is 2.29. The van der Waals surface area contributed by atoms with E-state index in [9.17, 15) is 8.42 Å². The van der Waals surface area contributed by atoms with Crippen LogP contribution in [0.5, 0.6) is 0 Å². The summed E-state index contributed by atoms with van der Waals surface area (Å²) in [6.45, 7) is 7.56. The van der Waals surface area contributed by atoms with Crippen molar-refractivity contribution in [2.24, 2.45) is 0 Å². The summed E-state index contributed by atoms with van der Waals surface area (Å²) in [5.74, 6) is 0. The molecule has 16 heavy (non-hydrogen) atoms. The van der Waals surface area contributed by atoms with Gasteiger partial charge in [-0.2, -0.15) is 17.0 Å². The van der Waals surface area contributed by atoms with Crippen LogP contribution in [0, 0.1) is 0 Å². The zero-order chi connectivity index (χ0) is 11.6. The largest absolute Gasteiger partial charge is 0.301 e. The maximum absolute atomic E-state index is 12.2. The van der Waals surface area contributed by atoms with Crippen molar-refractivity contribution in [2.75, 3.05) is 45.8 Å². The Morgan fingerprint density at radius 3 is 1.88 bits per heavy atom. The number of nitrogens with zero attached hydrogens (tertiary/aromatic N) is 3. The minimum atomic E-state index is -3.15. The Balaban J connectivity index is 1.97. The Labute approximate surface area is 98.2 Å². The molecule has 2 saturated heterocycles. The molecule has 2 aliphatic rings. The van der Waals surface area contributed by atoms with E-state index in [4.69, 9.17) is 0 Å². The predicted molar refractivity (Wildman–Crippen MR) is 63.4 cm³/mol. The van der Waals surface area contributed by atoms with Gasteiger partial charge in [-0.3, -0.25) is 0 Å². The van der Waals surface area contributed by atoms with Crippen LogP contribution >= 0.6 is 0 Å². The van der Waals surface area contributed by atoms with Crippen molar-refractivity contribution in [3.05, 3.63) is 0 Å². The molecule has 0 atom stereocenters. The fraction of sp³-hybridized carbons (Fsp3) is 1.00. The smallest absolute Gasteiger partial charge is 0.282 e. The van der Waals surface area contributed by atoms with Crippen LogP contribution in [-0.2, 0) is 10.2 Å². The van der Waals surface area contributed by atoms with Crippen LogP contribution in [0.15, 0.2) is 0 Å². The molecule has 0 spiro atoms. The van der Waals surface area contributed by atoms with Gasteiger partial charge in [0.05, 0.1) is 0 Å². The summed E-state index contributed by atoms with van der Waals surface area (Å²) < 4.78 is 27.7. The standard InChI is InChI=1S/C10H21N3O2S/c1-2-11-7-9-13(10-8-11)16(14,15)12-5-3-4-6-12/h2-10H2,1H3. The first-order valence-corrected chi connectivity index (χ1v) is 7.52. The van der Waals surface area contributed by atoms with E-state index >= 15 is 0 Å². The Morgan fingerprint density at radius 2 is 1.38 bits per heavy atom. The Hall–Kier alpha value is -0.170. The lowest BCUT2D eigenvalue weighted by molar-refractivity contribution is 0.190. The molecule has 2 heterocycles. The second-order valence-electron chi connectivity index (χ2n) is 4.45. The van der Waals surface area contributed by atoms with E-state index in [0.29, 0.717) is 26.2 Å². The van der Waals surface area contributed by atoms with Gasteiger partial charge in [0.1, 0.15) is 0 Å².